The number of benzene rings is 2. The van der Waals surface area contributed by atoms with E-state index in [1.165, 1.54) is 0 Å². The Morgan fingerprint density at radius 3 is 2.56 bits per heavy atom. The largest absolute Gasteiger partial charge is 0.449 e. The van der Waals surface area contributed by atoms with Crippen molar-refractivity contribution in [2.75, 3.05) is 32.1 Å². The predicted octanol–water partition coefficient (Wildman–Crippen LogP) is 4.97. The summed E-state index contributed by atoms with van der Waals surface area (Å²) in [6.45, 7) is 3.07. The average molecular weight is 385 g/mol. The molecule has 142 valence electrons. The van der Waals surface area contributed by atoms with Gasteiger partial charge in [0, 0.05) is 28.3 Å². The van der Waals surface area contributed by atoms with E-state index in [4.69, 9.17) is 4.74 Å². The van der Waals surface area contributed by atoms with Crippen molar-refractivity contribution in [1.29, 1.82) is 0 Å². The van der Waals surface area contributed by atoms with Crippen molar-refractivity contribution in [3.05, 3.63) is 48.0 Å². The minimum Gasteiger partial charge on any atom is -0.449 e. The van der Waals surface area contributed by atoms with Crippen molar-refractivity contribution < 1.29 is 14.3 Å². The van der Waals surface area contributed by atoms with Crippen molar-refractivity contribution in [2.24, 2.45) is 0 Å². The van der Waals surface area contributed by atoms with Crippen LogP contribution in [0.3, 0.4) is 0 Å². The number of rotatable bonds is 6. The number of ketones is 1. The maximum atomic E-state index is 12.9. The second kappa shape index (κ2) is 8.59. The van der Waals surface area contributed by atoms with E-state index in [1.807, 2.05) is 57.4 Å². The molecule has 0 saturated carbocycles. The van der Waals surface area contributed by atoms with Crippen molar-refractivity contribution in [3.8, 4) is 0 Å². The quantitative estimate of drug-likeness (QED) is 0.520. The second-order valence-electron chi connectivity index (χ2n) is 6.64. The minimum absolute atomic E-state index is 0.0927. The number of carbonyl (C=O) groups excluding carboxylic acids is 2. The lowest BCUT2D eigenvalue weighted by atomic mass is 10.1. The zero-order chi connectivity index (χ0) is 19.4. The number of hydrogen-bond donors (Lipinski definition) is 0. The second-order valence-corrected chi connectivity index (χ2v) is 7.72. The topological polar surface area (TPSA) is 49.9 Å². The molecule has 0 radical (unpaired) electrons. The fourth-order valence-electron chi connectivity index (χ4n) is 2.94. The summed E-state index contributed by atoms with van der Waals surface area (Å²) in [5.74, 6) is 0.0927. The van der Waals surface area contributed by atoms with Crippen molar-refractivity contribution in [2.45, 2.75) is 29.6 Å². The number of ether oxygens (including phenoxy) is 1. The summed E-state index contributed by atoms with van der Waals surface area (Å²) in [7, 11) is 3.98. The van der Waals surface area contributed by atoms with Gasteiger partial charge in [0.25, 0.3) is 0 Å². The van der Waals surface area contributed by atoms with Gasteiger partial charge in [-0.15, -0.1) is 0 Å². The maximum Gasteiger partial charge on any atom is 0.419 e. The Morgan fingerprint density at radius 1 is 1.07 bits per heavy atom. The molecule has 0 aromatic heterocycles. The molecule has 0 saturated heterocycles. The first kappa shape index (κ1) is 19.5. The number of anilines is 2. The minimum atomic E-state index is -0.391. The molecule has 1 amide bonds. The zero-order valence-electron chi connectivity index (χ0n) is 15.9. The molecule has 0 bridgehead atoms. The number of amides is 1. The molecule has 2 aromatic carbocycles. The molecule has 1 aliphatic rings. The molecule has 0 aliphatic carbocycles. The molecule has 1 heterocycles. The van der Waals surface area contributed by atoms with Crippen LogP contribution in [0.5, 0.6) is 0 Å². The molecule has 3 rings (SSSR count). The normalized spacial score (nSPS) is 12.5. The van der Waals surface area contributed by atoms with E-state index in [-0.39, 0.29) is 5.78 Å². The van der Waals surface area contributed by atoms with Crippen LogP contribution in [0.25, 0.3) is 0 Å². The van der Waals surface area contributed by atoms with E-state index >= 15 is 0 Å². The average Bonchev–Trinajstić information content (AvgIpc) is 2.67. The first-order valence-corrected chi connectivity index (χ1v) is 9.88. The van der Waals surface area contributed by atoms with Crippen LogP contribution in [-0.2, 0) is 4.74 Å². The number of para-hydroxylation sites is 1. The molecular weight excluding hydrogens is 360 g/mol. The highest BCUT2D eigenvalue weighted by Gasteiger charge is 2.29. The van der Waals surface area contributed by atoms with Gasteiger partial charge in [0.2, 0.25) is 0 Å². The Kier molecular flexibility index (Phi) is 6.19. The van der Waals surface area contributed by atoms with E-state index in [2.05, 4.69) is 4.90 Å². The summed E-state index contributed by atoms with van der Waals surface area (Å²) in [6.07, 6.45) is 0.842. The van der Waals surface area contributed by atoms with Crippen molar-refractivity contribution in [3.63, 3.8) is 0 Å². The molecule has 0 atom stereocenters. The van der Waals surface area contributed by atoms with Crippen LogP contribution >= 0.6 is 11.8 Å². The number of nitrogens with zero attached hydrogens (tertiary/aromatic N) is 2. The fraction of sp³-hybridized carbons (Fsp3) is 0.333. The van der Waals surface area contributed by atoms with Gasteiger partial charge in [0.05, 0.1) is 18.0 Å². The third kappa shape index (κ3) is 4.34. The van der Waals surface area contributed by atoms with E-state index in [0.29, 0.717) is 18.6 Å². The van der Waals surface area contributed by atoms with E-state index in [9.17, 15) is 9.59 Å². The Labute approximate surface area is 164 Å². The van der Waals surface area contributed by atoms with Gasteiger partial charge in [-0.2, -0.15) is 0 Å². The highest BCUT2D eigenvalue weighted by Crippen LogP contribution is 2.48. The molecule has 27 heavy (non-hydrogen) atoms. The van der Waals surface area contributed by atoms with Gasteiger partial charge in [-0.3, -0.25) is 4.79 Å². The van der Waals surface area contributed by atoms with Crippen LogP contribution in [0.4, 0.5) is 16.2 Å². The number of hydrogen-bond acceptors (Lipinski definition) is 5. The molecule has 0 fully saturated rings. The number of Topliss-reactive ketones (excluding diaryl/α,β-unsaturated/α-hetero) is 1. The van der Waals surface area contributed by atoms with Gasteiger partial charge in [-0.05, 0) is 50.8 Å². The smallest absolute Gasteiger partial charge is 0.419 e. The molecular formula is C21H24N2O3S. The van der Waals surface area contributed by atoms with Crippen LogP contribution in [0.15, 0.2) is 52.3 Å². The van der Waals surface area contributed by atoms with E-state index in [1.54, 1.807) is 22.7 Å². The molecule has 0 N–H and O–H groups in total. The lowest BCUT2D eigenvalue weighted by molar-refractivity contribution is 0.0988. The summed E-state index contributed by atoms with van der Waals surface area (Å²) in [5, 5.41) is 0. The Hall–Kier alpha value is -2.31. The van der Waals surface area contributed by atoms with Crippen molar-refractivity contribution >= 4 is 35.0 Å². The highest BCUT2D eigenvalue weighted by molar-refractivity contribution is 7.99. The van der Waals surface area contributed by atoms with E-state index in [0.717, 1.165) is 34.1 Å². The predicted molar refractivity (Wildman–Crippen MR) is 108 cm³/mol. The third-order valence-corrected chi connectivity index (χ3v) is 5.44. The molecule has 0 unspecified atom stereocenters. The molecule has 1 aliphatic heterocycles. The summed E-state index contributed by atoms with van der Waals surface area (Å²) in [5.41, 5.74) is 2.23. The third-order valence-electron chi connectivity index (χ3n) is 4.33. The van der Waals surface area contributed by atoms with Gasteiger partial charge >= 0.3 is 6.09 Å². The Bertz CT molecular complexity index is 851. The number of carbonyl (C=O) groups is 2. The Balaban J connectivity index is 1.89. The van der Waals surface area contributed by atoms with Crippen molar-refractivity contribution in [1.82, 2.24) is 4.90 Å². The van der Waals surface area contributed by atoms with Crippen LogP contribution in [0.2, 0.25) is 0 Å². The standard InChI is InChI=1S/C21H24N2O3S/c1-4-18(24)15-10-11-17-20(14-15)27-19-9-6-5-8-16(19)23(17)21(25)26-13-7-12-22(2)3/h5-6,8-11,14H,4,7,12-13H2,1-3H3. The maximum absolute atomic E-state index is 12.9. The SMILES string of the molecule is CCC(=O)c1ccc2c(c1)Sc1ccccc1N2C(=O)OCCCN(C)C. The fourth-order valence-corrected chi connectivity index (χ4v) is 4.03. The lowest BCUT2D eigenvalue weighted by Crippen LogP contribution is -2.30. The Morgan fingerprint density at radius 2 is 1.81 bits per heavy atom. The van der Waals surface area contributed by atoms with Crippen LogP contribution in [0.1, 0.15) is 30.1 Å². The molecule has 2 aromatic rings. The first-order chi connectivity index (χ1) is 13.0. The van der Waals surface area contributed by atoms with Crippen LogP contribution in [-0.4, -0.2) is 44.0 Å². The molecule has 6 heteroatoms. The van der Waals surface area contributed by atoms with Gasteiger partial charge in [-0.25, -0.2) is 9.69 Å². The first-order valence-electron chi connectivity index (χ1n) is 9.07. The zero-order valence-corrected chi connectivity index (χ0v) is 16.7. The summed E-state index contributed by atoms with van der Waals surface area (Å²) in [4.78, 5) is 30.5. The lowest BCUT2D eigenvalue weighted by Gasteiger charge is -2.30. The molecule has 0 spiro atoms. The van der Waals surface area contributed by atoms with Gasteiger partial charge in [-0.1, -0.05) is 30.8 Å². The summed E-state index contributed by atoms with van der Waals surface area (Å²) >= 11 is 1.57. The van der Waals surface area contributed by atoms with Gasteiger partial charge in [0.15, 0.2) is 5.78 Å². The monoisotopic (exact) mass is 384 g/mol. The molecule has 5 nitrogen and oxygen atoms in total. The van der Waals surface area contributed by atoms with Crippen LogP contribution in [0, 0.1) is 0 Å². The summed E-state index contributed by atoms with van der Waals surface area (Å²) in [6, 6.07) is 13.2. The summed E-state index contributed by atoms with van der Waals surface area (Å²) < 4.78 is 5.53. The highest BCUT2D eigenvalue weighted by atomic mass is 32.2. The number of fused-ring (bicyclic) bond motifs is 2. The van der Waals surface area contributed by atoms with Crippen LogP contribution < -0.4 is 4.90 Å². The van der Waals surface area contributed by atoms with E-state index < -0.39 is 6.09 Å². The van der Waals surface area contributed by atoms with Gasteiger partial charge < -0.3 is 9.64 Å². The van der Waals surface area contributed by atoms with Gasteiger partial charge in [0.1, 0.15) is 0 Å².